The summed E-state index contributed by atoms with van der Waals surface area (Å²) in [6, 6.07) is 6.99. The molecule has 2 rings (SSSR count). The lowest BCUT2D eigenvalue weighted by atomic mass is 10.2. The van der Waals surface area contributed by atoms with Crippen molar-refractivity contribution < 1.29 is 9.90 Å². The third kappa shape index (κ3) is 1.66. The minimum absolute atomic E-state index is 0.111. The van der Waals surface area contributed by atoms with Crippen LogP contribution in [0.4, 0.5) is 5.69 Å². The quantitative estimate of drug-likeness (QED) is 0.831. The monoisotopic (exact) mass is 266 g/mol. The van der Waals surface area contributed by atoms with Gasteiger partial charge in [0, 0.05) is 9.86 Å². The molecule has 2 aromatic rings. The Labute approximate surface area is 93.9 Å². The van der Waals surface area contributed by atoms with E-state index in [4.69, 9.17) is 10.8 Å². The number of aromatic nitrogens is 1. The van der Waals surface area contributed by atoms with Crippen LogP contribution in [0.25, 0.3) is 10.9 Å². The highest BCUT2D eigenvalue weighted by Gasteiger charge is 2.11. The lowest BCUT2D eigenvalue weighted by Gasteiger charge is -2.04. The van der Waals surface area contributed by atoms with E-state index in [-0.39, 0.29) is 11.4 Å². The van der Waals surface area contributed by atoms with Crippen molar-refractivity contribution in [3.8, 4) is 0 Å². The molecule has 15 heavy (non-hydrogen) atoms. The van der Waals surface area contributed by atoms with E-state index in [1.54, 1.807) is 18.2 Å². The number of nitrogen functional groups attached to an aromatic ring is 1. The van der Waals surface area contributed by atoms with E-state index in [1.807, 2.05) is 6.07 Å². The number of aromatic carboxylic acids is 1. The van der Waals surface area contributed by atoms with Gasteiger partial charge < -0.3 is 10.8 Å². The van der Waals surface area contributed by atoms with E-state index < -0.39 is 5.97 Å². The molecular weight excluding hydrogens is 260 g/mol. The number of nitrogens with two attached hydrogens (primary N) is 1. The topological polar surface area (TPSA) is 76.2 Å². The highest BCUT2D eigenvalue weighted by molar-refractivity contribution is 9.10. The summed E-state index contributed by atoms with van der Waals surface area (Å²) in [5.41, 5.74) is 6.26. The van der Waals surface area contributed by atoms with Crippen molar-refractivity contribution in [1.29, 1.82) is 0 Å². The maximum atomic E-state index is 10.8. The summed E-state index contributed by atoms with van der Waals surface area (Å²) in [6.07, 6.45) is 0. The van der Waals surface area contributed by atoms with Gasteiger partial charge >= 0.3 is 5.97 Å². The molecule has 0 aliphatic carbocycles. The second-order valence-corrected chi connectivity index (χ2v) is 3.89. The van der Waals surface area contributed by atoms with E-state index >= 15 is 0 Å². The van der Waals surface area contributed by atoms with Gasteiger partial charge in [0.2, 0.25) is 0 Å². The van der Waals surface area contributed by atoms with Crippen LogP contribution in [0.3, 0.4) is 0 Å². The first-order chi connectivity index (χ1) is 7.09. The molecule has 0 aliphatic rings. The van der Waals surface area contributed by atoms with Crippen LogP contribution >= 0.6 is 15.9 Å². The van der Waals surface area contributed by atoms with Gasteiger partial charge in [-0.15, -0.1) is 0 Å². The Balaban J connectivity index is 2.82. The number of halogens is 1. The average Bonchev–Trinajstić information content (AvgIpc) is 2.18. The van der Waals surface area contributed by atoms with Crippen molar-refractivity contribution >= 4 is 38.5 Å². The summed E-state index contributed by atoms with van der Waals surface area (Å²) in [6.45, 7) is 0. The van der Waals surface area contributed by atoms with Crippen LogP contribution in [-0.4, -0.2) is 16.1 Å². The zero-order valence-electron chi connectivity index (χ0n) is 7.57. The maximum Gasteiger partial charge on any atom is 0.356 e. The number of hydrogen-bond acceptors (Lipinski definition) is 3. The molecule has 1 aromatic heterocycles. The van der Waals surface area contributed by atoms with Crippen LogP contribution in [0.1, 0.15) is 10.5 Å². The number of benzene rings is 1. The van der Waals surface area contributed by atoms with Gasteiger partial charge in [-0.05, 0) is 18.2 Å². The molecule has 3 N–H and O–H groups in total. The molecular formula is C10H7BrN2O2. The molecule has 1 heterocycles. The van der Waals surface area contributed by atoms with E-state index in [2.05, 4.69) is 20.9 Å². The summed E-state index contributed by atoms with van der Waals surface area (Å²) in [5.74, 6) is -1.12. The Morgan fingerprint density at radius 1 is 1.47 bits per heavy atom. The molecule has 4 nitrogen and oxygen atoms in total. The number of carboxylic acid groups (broad SMARTS) is 1. The van der Waals surface area contributed by atoms with Crippen molar-refractivity contribution in [2.24, 2.45) is 0 Å². The number of carboxylic acids is 1. The van der Waals surface area contributed by atoms with Crippen LogP contribution < -0.4 is 5.73 Å². The predicted octanol–water partition coefficient (Wildman–Crippen LogP) is 2.28. The SMILES string of the molecule is Nc1cc2c(Br)cccc2nc1C(=O)O. The van der Waals surface area contributed by atoms with E-state index in [0.717, 1.165) is 9.86 Å². The van der Waals surface area contributed by atoms with Crippen molar-refractivity contribution in [3.63, 3.8) is 0 Å². The number of nitrogens with zero attached hydrogens (tertiary/aromatic N) is 1. The van der Waals surface area contributed by atoms with Crippen LogP contribution in [0.15, 0.2) is 28.7 Å². The first-order valence-electron chi connectivity index (χ1n) is 4.17. The summed E-state index contributed by atoms with van der Waals surface area (Å²) in [5, 5.41) is 9.65. The number of carbonyl (C=O) groups is 1. The summed E-state index contributed by atoms with van der Waals surface area (Å²) < 4.78 is 0.844. The van der Waals surface area contributed by atoms with Crippen molar-refractivity contribution in [3.05, 3.63) is 34.4 Å². The van der Waals surface area contributed by atoms with Crippen molar-refractivity contribution in [2.75, 3.05) is 5.73 Å². The van der Waals surface area contributed by atoms with Crippen LogP contribution in [0.5, 0.6) is 0 Å². The van der Waals surface area contributed by atoms with Crippen molar-refractivity contribution in [1.82, 2.24) is 4.98 Å². The number of rotatable bonds is 1. The van der Waals surface area contributed by atoms with Gasteiger partial charge in [0.15, 0.2) is 5.69 Å². The number of pyridine rings is 1. The minimum atomic E-state index is -1.12. The lowest BCUT2D eigenvalue weighted by molar-refractivity contribution is 0.0692. The highest BCUT2D eigenvalue weighted by Crippen LogP contribution is 2.25. The number of anilines is 1. The van der Waals surface area contributed by atoms with Gasteiger partial charge in [-0.25, -0.2) is 9.78 Å². The van der Waals surface area contributed by atoms with Gasteiger partial charge in [-0.1, -0.05) is 22.0 Å². The van der Waals surface area contributed by atoms with Gasteiger partial charge in [0.1, 0.15) is 0 Å². The third-order valence-electron chi connectivity index (χ3n) is 2.04. The van der Waals surface area contributed by atoms with E-state index in [9.17, 15) is 4.79 Å². The van der Waals surface area contributed by atoms with Crippen LogP contribution in [0, 0.1) is 0 Å². The highest BCUT2D eigenvalue weighted by atomic mass is 79.9. The largest absolute Gasteiger partial charge is 0.476 e. The normalized spacial score (nSPS) is 10.5. The standard InChI is InChI=1S/C10H7BrN2O2/c11-6-2-1-3-8-5(6)4-7(12)9(13-8)10(14)15/h1-4H,12H2,(H,14,15). The van der Waals surface area contributed by atoms with Gasteiger partial charge in [0.05, 0.1) is 11.2 Å². The van der Waals surface area contributed by atoms with Crippen LogP contribution in [-0.2, 0) is 0 Å². The van der Waals surface area contributed by atoms with E-state index in [1.165, 1.54) is 0 Å². The number of hydrogen-bond donors (Lipinski definition) is 2. The fourth-order valence-corrected chi connectivity index (χ4v) is 1.82. The molecule has 0 saturated carbocycles. The van der Waals surface area contributed by atoms with Crippen molar-refractivity contribution in [2.45, 2.75) is 0 Å². The molecule has 0 unspecified atom stereocenters. The van der Waals surface area contributed by atoms with Gasteiger partial charge in [-0.2, -0.15) is 0 Å². The Hall–Kier alpha value is -1.62. The molecule has 0 saturated heterocycles. The first-order valence-corrected chi connectivity index (χ1v) is 4.97. The second kappa shape index (κ2) is 3.51. The lowest BCUT2D eigenvalue weighted by Crippen LogP contribution is -2.05. The minimum Gasteiger partial charge on any atom is -0.476 e. The molecule has 76 valence electrons. The summed E-state index contributed by atoms with van der Waals surface area (Å²) in [4.78, 5) is 14.8. The average molecular weight is 267 g/mol. The fourth-order valence-electron chi connectivity index (χ4n) is 1.35. The first kappa shape index (κ1) is 9.92. The van der Waals surface area contributed by atoms with Gasteiger partial charge in [0.25, 0.3) is 0 Å². The molecule has 1 aromatic carbocycles. The Bertz CT molecular complexity index is 554. The molecule has 5 heteroatoms. The zero-order valence-corrected chi connectivity index (χ0v) is 9.15. The van der Waals surface area contributed by atoms with E-state index in [0.29, 0.717) is 5.52 Å². The Kier molecular flexibility index (Phi) is 2.32. The molecule has 0 atom stereocenters. The Morgan fingerprint density at radius 3 is 2.87 bits per heavy atom. The smallest absolute Gasteiger partial charge is 0.356 e. The summed E-state index contributed by atoms with van der Waals surface area (Å²) in [7, 11) is 0. The summed E-state index contributed by atoms with van der Waals surface area (Å²) >= 11 is 3.35. The Morgan fingerprint density at radius 2 is 2.20 bits per heavy atom. The molecule has 0 bridgehead atoms. The third-order valence-corrected chi connectivity index (χ3v) is 2.73. The second-order valence-electron chi connectivity index (χ2n) is 3.04. The molecule has 0 amide bonds. The maximum absolute atomic E-state index is 10.8. The molecule has 0 aliphatic heterocycles. The number of fused-ring (bicyclic) bond motifs is 1. The van der Waals surface area contributed by atoms with Crippen LogP contribution in [0.2, 0.25) is 0 Å². The zero-order chi connectivity index (χ0) is 11.0. The molecule has 0 radical (unpaired) electrons. The molecule has 0 spiro atoms. The van der Waals surface area contributed by atoms with Gasteiger partial charge in [-0.3, -0.25) is 0 Å². The fraction of sp³-hybridized carbons (Fsp3) is 0. The molecule has 0 fully saturated rings. The predicted molar refractivity (Wildman–Crippen MR) is 60.8 cm³/mol.